The van der Waals surface area contributed by atoms with Crippen molar-refractivity contribution in [1.29, 1.82) is 0 Å². The van der Waals surface area contributed by atoms with Gasteiger partial charge in [-0.1, -0.05) is 28.1 Å². The summed E-state index contributed by atoms with van der Waals surface area (Å²) in [5.41, 5.74) is 6.77. The van der Waals surface area contributed by atoms with Crippen LogP contribution in [0.4, 0.5) is 0 Å². The first-order valence-corrected chi connectivity index (χ1v) is 4.64. The van der Waals surface area contributed by atoms with Crippen molar-refractivity contribution in [1.82, 2.24) is 0 Å². The molecule has 1 aromatic carbocycles. The summed E-state index contributed by atoms with van der Waals surface area (Å²) >= 11 is 8.93. The van der Waals surface area contributed by atoms with Crippen molar-refractivity contribution in [2.75, 3.05) is 5.88 Å². The monoisotopic (exact) mass is 233 g/mol. The summed E-state index contributed by atoms with van der Waals surface area (Å²) in [6.07, 6.45) is 0. The molecule has 0 aromatic heterocycles. The van der Waals surface area contributed by atoms with Gasteiger partial charge in [0.2, 0.25) is 0 Å². The molecule has 1 nitrogen and oxygen atoms in total. The second kappa shape index (κ2) is 4.10. The molecule has 60 valence electrons. The fourth-order valence-corrected chi connectivity index (χ4v) is 1.24. The van der Waals surface area contributed by atoms with E-state index in [0.717, 1.165) is 10.0 Å². The molecule has 0 radical (unpaired) electrons. The Morgan fingerprint density at radius 2 is 1.91 bits per heavy atom. The van der Waals surface area contributed by atoms with Crippen LogP contribution in [0, 0.1) is 0 Å². The average molecular weight is 235 g/mol. The van der Waals surface area contributed by atoms with Crippen LogP contribution in [0.1, 0.15) is 11.6 Å². The van der Waals surface area contributed by atoms with E-state index in [-0.39, 0.29) is 6.04 Å². The zero-order valence-corrected chi connectivity index (χ0v) is 8.27. The lowest BCUT2D eigenvalue weighted by Crippen LogP contribution is -2.11. The Kier molecular flexibility index (Phi) is 3.37. The van der Waals surface area contributed by atoms with Gasteiger partial charge < -0.3 is 5.73 Å². The van der Waals surface area contributed by atoms with Crippen molar-refractivity contribution in [3.05, 3.63) is 34.3 Å². The van der Waals surface area contributed by atoms with E-state index in [1.54, 1.807) is 0 Å². The zero-order valence-electron chi connectivity index (χ0n) is 5.93. The van der Waals surface area contributed by atoms with Gasteiger partial charge in [-0.15, -0.1) is 11.6 Å². The van der Waals surface area contributed by atoms with Gasteiger partial charge in [0.25, 0.3) is 0 Å². The molecule has 0 bridgehead atoms. The van der Waals surface area contributed by atoms with E-state index in [1.807, 2.05) is 24.3 Å². The maximum atomic E-state index is 5.70. The fourth-order valence-electron chi connectivity index (χ4n) is 0.799. The number of halogens is 2. The first kappa shape index (κ1) is 9.04. The summed E-state index contributed by atoms with van der Waals surface area (Å²) in [4.78, 5) is 0. The van der Waals surface area contributed by atoms with Gasteiger partial charge in [-0.25, -0.2) is 0 Å². The smallest absolute Gasteiger partial charge is 0.0432 e. The van der Waals surface area contributed by atoms with Crippen LogP contribution in [-0.4, -0.2) is 5.88 Å². The molecule has 11 heavy (non-hydrogen) atoms. The molecule has 1 atom stereocenters. The first-order chi connectivity index (χ1) is 5.24. The maximum absolute atomic E-state index is 5.70. The highest BCUT2D eigenvalue weighted by atomic mass is 79.9. The third-order valence-electron chi connectivity index (χ3n) is 1.46. The Morgan fingerprint density at radius 3 is 2.36 bits per heavy atom. The minimum atomic E-state index is -0.0511. The molecule has 1 aromatic rings. The summed E-state index contributed by atoms with van der Waals surface area (Å²) in [5.74, 6) is 0.460. The molecule has 3 heteroatoms. The summed E-state index contributed by atoms with van der Waals surface area (Å²) in [5, 5.41) is 0. The van der Waals surface area contributed by atoms with Crippen molar-refractivity contribution in [3.8, 4) is 0 Å². The molecular formula is C8H9BrClN. The normalized spacial score (nSPS) is 13.0. The van der Waals surface area contributed by atoms with Crippen LogP contribution in [0.15, 0.2) is 28.7 Å². The van der Waals surface area contributed by atoms with Crippen LogP contribution in [-0.2, 0) is 0 Å². The molecule has 0 amide bonds. The standard InChI is InChI=1S/C8H9BrClN/c9-7-3-1-6(2-4-7)8(11)5-10/h1-4,8H,5,11H2. The van der Waals surface area contributed by atoms with Gasteiger partial charge in [-0.05, 0) is 17.7 Å². The number of hydrogen-bond donors (Lipinski definition) is 1. The molecule has 0 saturated carbocycles. The molecule has 2 N–H and O–H groups in total. The van der Waals surface area contributed by atoms with Gasteiger partial charge in [-0.2, -0.15) is 0 Å². The largest absolute Gasteiger partial charge is 0.323 e. The highest BCUT2D eigenvalue weighted by Crippen LogP contribution is 2.15. The van der Waals surface area contributed by atoms with E-state index in [2.05, 4.69) is 15.9 Å². The number of benzene rings is 1. The second-order valence-corrected chi connectivity index (χ2v) is 3.54. The topological polar surface area (TPSA) is 26.0 Å². The van der Waals surface area contributed by atoms with Crippen LogP contribution < -0.4 is 5.73 Å². The molecule has 1 rings (SSSR count). The summed E-state index contributed by atoms with van der Waals surface area (Å²) in [7, 11) is 0. The highest BCUT2D eigenvalue weighted by Gasteiger charge is 2.02. The van der Waals surface area contributed by atoms with Crippen molar-refractivity contribution in [2.45, 2.75) is 6.04 Å². The Labute approximate surface area is 79.7 Å². The molecule has 0 heterocycles. The second-order valence-electron chi connectivity index (χ2n) is 2.31. The van der Waals surface area contributed by atoms with E-state index in [4.69, 9.17) is 17.3 Å². The van der Waals surface area contributed by atoms with Crippen molar-refractivity contribution in [2.24, 2.45) is 5.73 Å². The van der Waals surface area contributed by atoms with Crippen LogP contribution >= 0.6 is 27.5 Å². The van der Waals surface area contributed by atoms with E-state index >= 15 is 0 Å². The lowest BCUT2D eigenvalue weighted by molar-refractivity contribution is 0.826. The minimum absolute atomic E-state index is 0.0511. The first-order valence-electron chi connectivity index (χ1n) is 3.31. The predicted molar refractivity (Wildman–Crippen MR) is 51.8 cm³/mol. The molecule has 0 aliphatic carbocycles. The van der Waals surface area contributed by atoms with Crippen LogP contribution in [0.3, 0.4) is 0 Å². The number of hydrogen-bond acceptors (Lipinski definition) is 1. The van der Waals surface area contributed by atoms with Crippen LogP contribution in [0.2, 0.25) is 0 Å². The molecular weight excluding hydrogens is 225 g/mol. The number of alkyl halides is 1. The molecule has 0 fully saturated rings. The molecule has 0 aliphatic rings. The van der Waals surface area contributed by atoms with Gasteiger partial charge in [0.1, 0.15) is 0 Å². The Balaban J connectivity index is 2.81. The van der Waals surface area contributed by atoms with E-state index in [1.165, 1.54) is 0 Å². The van der Waals surface area contributed by atoms with Crippen LogP contribution in [0.25, 0.3) is 0 Å². The lowest BCUT2D eigenvalue weighted by Gasteiger charge is -2.06. The Bertz CT molecular complexity index is 222. The maximum Gasteiger partial charge on any atom is 0.0432 e. The van der Waals surface area contributed by atoms with Crippen molar-refractivity contribution >= 4 is 27.5 Å². The lowest BCUT2D eigenvalue weighted by atomic mass is 10.1. The van der Waals surface area contributed by atoms with Gasteiger partial charge in [0.15, 0.2) is 0 Å². The van der Waals surface area contributed by atoms with E-state index in [9.17, 15) is 0 Å². The minimum Gasteiger partial charge on any atom is -0.323 e. The Hall–Kier alpha value is -0.0500. The van der Waals surface area contributed by atoms with Gasteiger partial charge >= 0.3 is 0 Å². The third-order valence-corrected chi connectivity index (χ3v) is 2.33. The summed E-state index contributed by atoms with van der Waals surface area (Å²) < 4.78 is 1.06. The zero-order chi connectivity index (χ0) is 8.27. The quantitative estimate of drug-likeness (QED) is 0.783. The number of rotatable bonds is 2. The van der Waals surface area contributed by atoms with Gasteiger partial charge in [0, 0.05) is 16.4 Å². The third kappa shape index (κ3) is 2.47. The molecule has 0 spiro atoms. The Morgan fingerprint density at radius 1 is 1.36 bits per heavy atom. The predicted octanol–water partition coefficient (Wildman–Crippen LogP) is 2.69. The summed E-state index contributed by atoms with van der Waals surface area (Å²) in [6.45, 7) is 0. The fraction of sp³-hybridized carbons (Fsp3) is 0.250. The van der Waals surface area contributed by atoms with Crippen molar-refractivity contribution < 1.29 is 0 Å². The van der Waals surface area contributed by atoms with E-state index in [0.29, 0.717) is 5.88 Å². The van der Waals surface area contributed by atoms with Gasteiger partial charge in [-0.3, -0.25) is 0 Å². The average Bonchev–Trinajstić information content (AvgIpc) is 2.05. The molecule has 0 saturated heterocycles. The van der Waals surface area contributed by atoms with Crippen LogP contribution in [0.5, 0.6) is 0 Å². The molecule has 0 aliphatic heterocycles. The molecule has 1 unspecified atom stereocenters. The van der Waals surface area contributed by atoms with Gasteiger partial charge in [0.05, 0.1) is 0 Å². The van der Waals surface area contributed by atoms with Crippen molar-refractivity contribution in [3.63, 3.8) is 0 Å². The highest BCUT2D eigenvalue weighted by molar-refractivity contribution is 9.10. The summed E-state index contributed by atoms with van der Waals surface area (Å²) in [6, 6.07) is 7.81. The SMILES string of the molecule is NC(CCl)c1ccc(Br)cc1. The van der Waals surface area contributed by atoms with E-state index < -0.39 is 0 Å². The number of nitrogens with two attached hydrogens (primary N) is 1.